The second kappa shape index (κ2) is 9.33. The average molecular weight is 374 g/mol. The Kier molecular flexibility index (Phi) is 8.46. The number of aromatic nitrogens is 1. The molecule has 0 bridgehead atoms. The van der Waals surface area contributed by atoms with Crippen molar-refractivity contribution in [2.45, 2.75) is 59.1 Å². The van der Waals surface area contributed by atoms with Crippen molar-refractivity contribution in [2.24, 2.45) is 0 Å². The second-order valence-corrected chi connectivity index (χ2v) is 7.53. The van der Waals surface area contributed by atoms with Gasteiger partial charge in [-0.3, -0.25) is 0 Å². The van der Waals surface area contributed by atoms with Crippen LogP contribution in [-0.4, -0.2) is 40.2 Å². The van der Waals surface area contributed by atoms with Crippen molar-refractivity contribution in [2.75, 3.05) is 12.4 Å². The van der Waals surface area contributed by atoms with Gasteiger partial charge < -0.3 is 25.0 Å². The van der Waals surface area contributed by atoms with Gasteiger partial charge >= 0.3 is 12.3 Å². The van der Waals surface area contributed by atoms with E-state index in [0.29, 0.717) is 5.56 Å². The molecule has 1 aromatic rings. The normalized spacial score (nSPS) is 11.2. The molecular weight excluding hydrogens is 347 g/mol. The highest BCUT2D eigenvalue weighted by molar-refractivity contribution is 5.74. The van der Waals surface area contributed by atoms with Gasteiger partial charge in [0.25, 0.3) is 0 Å². The van der Waals surface area contributed by atoms with Crippen LogP contribution in [0.5, 0.6) is 0 Å². The second-order valence-electron chi connectivity index (χ2n) is 7.53. The van der Waals surface area contributed by atoms with Gasteiger partial charge in [-0.05, 0) is 26.8 Å². The predicted molar refractivity (Wildman–Crippen MR) is 94.1 cm³/mol. The summed E-state index contributed by atoms with van der Waals surface area (Å²) in [7, 11) is 1.55. The molecule has 0 aliphatic carbocycles. The van der Waals surface area contributed by atoms with Gasteiger partial charge in [0.2, 0.25) is 5.95 Å². The molecule has 0 aliphatic heterocycles. The van der Waals surface area contributed by atoms with E-state index >= 15 is 0 Å². The van der Waals surface area contributed by atoms with Crippen molar-refractivity contribution in [1.29, 1.82) is 0 Å². The lowest BCUT2D eigenvalue weighted by Gasteiger charge is -2.28. The van der Waals surface area contributed by atoms with Crippen LogP contribution in [0.25, 0.3) is 0 Å². The molecule has 1 rings (SSSR count). The van der Waals surface area contributed by atoms with Crippen LogP contribution in [0.2, 0.25) is 0 Å². The molecular formula is C17H27FN2O6. The van der Waals surface area contributed by atoms with E-state index in [2.05, 4.69) is 35.8 Å². The van der Waals surface area contributed by atoms with Gasteiger partial charge in [-0.2, -0.15) is 4.39 Å². The summed E-state index contributed by atoms with van der Waals surface area (Å²) in [6.07, 6.45) is -3.62. The molecule has 148 valence electrons. The van der Waals surface area contributed by atoms with Crippen LogP contribution in [0.1, 0.15) is 52.8 Å². The highest BCUT2D eigenvalue weighted by Gasteiger charge is 2.24. The van der Waals surface area contributed by atoms with Gasteiger partial charge in [0.15, 0.2) is 0 Å². The fourth-order valence-corrected chi connectivity index (χ4v) is 1.93. The topological polar surface area (TPSA) is 118 Å². The molecule has 0 amide bonds. The van der Waals surface area contributed by atoms with Gasteiger partial charge in [-0.15, -0.1) is 0 Å². The van der Waals surface area contributed by atoms with E-state index in [1.165, 1.54) is 0 Å². The fourth-order valence-electron chi connectivity index (χ4n) is 1.93. The summed E-state index contributed by atoms with van der Waals surface area (Å²) < 4.78 is 22.1. The molecule has 9 heteroatoms. The number of hydrogen-bond acceptors (Lipinski definition) is 6. The molecule has 0 saturated carbocycles. The maximum Gasteiger partial charge on any atom is 0.516 e. The standard InChI is InChI=1S/C15H25FN2O.C2H2O5/c1-14(2,3)12-11(18-15(4,5)6)8-10(9-19-7)13(16)17-12;3-1(4)7-2(5)6/h8,18H,9H2,1-7H3;(H,3,4)(H,5,6). The summed E-state index contributed by atoms with van der Waals surface area (Å²) in [6, 6.07) is 1.80. The van der Waals surface area contributed by atoms with Crippen molar-refractivity contribution >= 4 is 18.0 Å². The van der Waals surface area contributed by atoms with Crippen molar-refractivity contribution in [1.82, 2.24) is 4.98 Å². The summed E-state index contributed by atoms with van der Waals surface area (Å²) in [5.41, 5.74) is 1.75. The molecule has 0 aromatic carbocycles. The van der Waals surface area contributed by atoms with Gasteiger partial charge in [-0.1, -0.05) is 20.8 Å². The Morgan fingerprint density at radius 2 is 1.65 bits per heavy atom. The molecule has 26 heavy (non-hydrogen) atoms. The molecule has 0 saturated heterocycles. The van der Waals surface area contributed by atoms with E-state index in [-0.39, 0.29) is 17.6 Å². The van der Waals surface area contributed by atoms with Crippen molar-refractivity contribution in [3.8, 4) is 0 Å². The molecule has 0 radical (unpaired) electrons. The lowest BCUT2D eigenvalue weighted by molar-refractivity contribution is 0.0802. The Labute approximate surface area is 152 Å². The van der Waals surface area contributed by atoms with E-state index in [9.17, 15) is 14.0 Å². The average Bonchev–Trinajstić information content (AvgIpc) is 2.38. The number of halogens is 1. The SMILES string of the molecule is COCc1cc(NC(C)(C)C)c(C(C)(C)C)nc1F.O=C(O)OC(=O)O. The lowest BCUT2D eigenvalue weighted by atomic mass is 9.89. The zero-order chi connectivity index (χ0) is 20.7. The predicted octanol–water partition coefficient (Wildman–Crippen LogP) is 4.23. The first-order valence-corrected chi connectivity index (χ1v) is 7.78. The summed E-state index contributed by atoms with van der Waals surface area (Å²) in [5, 5.41) is 18.4. The minimum Gasteiger partial charge on any atom is -0.449 e. The molecule has 1 heterocycles. The molecule has 0 atom stereocenters. The number of anilines is 1. The van der Waals surface area contributed by atoms with Crippen molar-refractivity contribution in [3.63, 3.8) is 0 Å². The molecule has 0 unspecified atom stereocenters. The summed E-state index contributed by atoms with van der Waals surface area (Å²) in [5.74, 6) is -0.453. The number of rotatable bonds is 3. The van der Waals surface area contributed by atoms with Crippen LogP contribution in [0.3, 0.4) is 0 Å². The maximum absolute atomic E-state index is 14.0. The van der Waals surface area contributed by atoms with E-state index in [4.69, 9.17) is 14.9 Å². The minimum atomic E-state index is -1.81. The van der Waals surface area contributed by atoms with E-state index in [1.807, 2.05) is 20.8 Å². The Balaban J connectivity index is 0.000000758. The highest BCUT2D eigenvalue weighted by atomic mass is 19.1. The Morgan fingerprint density at radius 3 is 1.96 bits per heavy atom. The number of pyridine rings is 1. The van der Waals surface area contributed by atoms with Crippen molar-refractivity contribution < 1.29 is 33.7 Å². The first-order chi connectivity index (χ1) is 11.7. The highest BCUT2D eigenvalue weighted by Crippen LogP contribution is 2.31. The monoisotopic (exact) mass is 374 g/mol. The third kappa shape index (κ3) is 9.16. The number of hydrogen-bond donors (Lipinski definition) is 3. The van der Waals surface area contributed by atoms with Crippen molar-refractivity contribution in [3.05, 3.63) is 23.3 Å². The number of methoxy groups -OCH3 is 1. The Bertz CT molecular complexity index is 623. The zero-order valence-corrected chi connectivity index (χ0v) is 16.1. The molecule has 0 fully saturated rings. The number of carbonyl (C=O) groups is 2. The van der Waals surface area contributed by atoms with Crippen LogP contribution >= 0.6 is 0 Å². The first kappa shape index (κ1) is 23.6. The van der Waals surface area contributed by atoms with E-state index < -0.39 is 18.3 Å². The van der Waals surface area contributed by atoms with Crippen LogP contribution in [-0.2, 0) is 21.5 Å². The zero-order valence-electron chi connectivity index (χ0n) is 16.1. The van der Waals surface area contributed by atoms with Crippen LogP contribution < -0.4 is 5.32 Å². The fraction of sp³-hybridized carbons (Fsp3) is 0.588. The first-order valence-electron chi connectivity index (χ1n) is 7.78. The van der Waals surface area contributed by atoms with Gasteiger partial charge in [-0.25, -0.2) is 14.6 Å². The third-order valence-corrected chi connectivity index (χ3v) is 2.74. The van der Waals surface area contributed by atoms with Crippen LogP contribution in [0, 0.1) is 5.95 Å². The van der Waals surface area contributed by atoms with E-state index in [1.54, 1.807) is 13.2 Å². The largest absolute Gasteiger partial charge is 0.516 e. The van der Waals surface area contributed by atoms with Crippen LogP contribution in [0.4, 0.5) is 19.7 Å². The Hall–Kier alpha value is -2.42. The number of nitrogens with one attached hydrogen (secondary N) is 1. The Morgan fingerprint density at radius 1 is 1.15 bits per heavy atom. The number of ether oxygens (including phenoxy) is 2. The molecule has 0 spiro atoms. The number of carboxylic acid groups (broad SMARTS) is 2. The van der Waals surface area contributed by atoms with Crippen LogP contribution in [0.15, 0.2) is 6.07 Å². The smallest absolute Gasteiger partial charge is 0.449 e. The van der Waals surface area contributed by atoms with Gasteiger partial charge in [0.05, 0.1) is 18.0 Å². The molecule has 1 aromatic heterocycles. The quantitative estimate of drug-likeness (QED) is 0.408. The number of nitrogens with zero attached hydrogens (tertiary/aromatic N) is 1. The summed E-state index contributed by atoms with van der Waals surface area (Å²) in [4.78, 5) is 22.6. The molecule has 3 N–H and O–H groups in total. The van der Waals surface area contributed by atoms with E-state index in [0.717, 1.165) is 11.4 Å². The third-order valence-electron chi connectivity index (χ3n) is 2.74. The maximum atomic E-state index is 14.0. The minimum absolute atomic E-state index is 0.107. The summed E-state index contributed by atoms with van der Waals surface area (Å²) >= 11 is 0. The molecule has 0 aliphatic rings. The van der Waals surface area contributed by atoms with Gasteiger partial charge in [0, 0.05) is 23.6 Å². The lowest BCUT2D eigenvalue weighted by Crippen LogP contribution is -2.29. The summed E-state index contributed by atoms with van der Waals surface area (Å²) in [6.45, 7) is 12.5. The van der Waals surface area contributed by atoms with Gasteiger partial charge in [0.1, 0.15) is 0 Å². The molecule has 8 nitrogen and oxygen atoms in total.